The van der Waals surface area contributed by atoms with Crippen LogP contribution in [-0.4, -0.2) is 15.0 Å². The van der Waals surface area contributed by atoms with Crippen molar-refractivity contribution >= 4 is 15.9 Å². The third-order valence-electron chi connectivity index (χ3n) is 2.53. The molecule has 0 saturated heterocycles. The van der Waals surface area contributed by atoms with Gasteiger partial charge in [0.15, 0.2) is 10.4 Å². The van der Waals surface area contributed by atoms with Crippen molar-refractivity contribution in [2.24, 2.45) is 5.73 Å². The van der Waals surface area contributed by atoms with Gasteiger partial charge in [-0.1, -0.05) is 18.6 Å². The van der Waals surface area contributed by atoms with Gasteiger partial charge in [0.25, 0.3) is 0 Å². The van der Waals surface area contributed by atoms with Crippen molar-refractivity contribution in [1.82, 2.24) is 15.0 Å². The van der Waals surface area contributed by atoms with E-state index in [1.54, 1.807) is 0 Å². The summed E-state index contributed by atoms with van der Waals surface area (Å²) in [7, 11) is 0. The number of hydrogen-bond donors (Lipinski definition) is 1. The molecule has 0 fully saturated rings. The number of unbranched alkanes of at least 4 members (excludes halogenated alkanes) is 1. The molecule has 0 atom stereocenters. The second-order valence-electron chi connectivity index (χ2n) is 3.77. The van der Waals surface area contributed by atoms with Crippen molar-refractivity contribution < 1.29 is 4.42 Å². The van der Waals surface area contributed by atoms with Crippen molar-refractivity contribution in [2.75, 3.05) is 0 Å². The summed E-state index contributed by atoms with van der Waals surface area (Å²) >= 11 is 3.29. The molecule has 5 nitrogen and oxygen atoms in total. The van der Waals surface area contributed by atoms with Crippen LogP contribution < -0.4 is 5.73 Å². The van der Waals surface area contributed by atoms with Gasteiger partial charge in [-0.25, -0.2) is 4.68 Å². The minimum absolute atomic E-state index is 0.361. The van der Waals surface area contributed by atoms with Crippen molar-refractivity contribution in [2.45, 2.75) is 32.9 Å². The van der Waals surface area contributed by atoms with Crippen LogP contribution >= 0.6 is 15.9 Å². The van der Waals surface area contributed by atoms with Gasteiger partial charge in [0, 0.05) is 13.1 Å². The molecule has 2 aromatic rings. The van der Waals surface area contributed by atoms with Crippen LogP contribution in [0.5, 0.6) is 0 Å². The van der Waals surface area contributed by atoms with E-state index in [0.717, 1.165) is 36.5 Å². The molecule has 0 aliphatic rings. The zero-order valence-corrected chi connectivity index (χ0v) is 11.3. The van der Waals surface area contributed by atoms with Crippen LogP contribution in [0.25, 0.3) is 11.5 Å². The van der Waals surface area contributed by atoms with Crippen molar-refractivity contribution in [1.29, 1.82) is 0 Å². The lowest BCUT2D eigenvalue weighted by atomic mass is 10.2. The molecule has 0 bridgehead atoms. The van der Waals surface area contributed by atoms with Gasteiger partial charge in [-0.3, -0.25) is 0 Å². The SMILES string of the molecule is CCCCn1nnc(CN)c1-c1ccc(Br)o1. The molecule has 6 heteroatoms. The van der Waals surface area contributed by atoms with Gasteiger partial charge in [0.2, 0.25) is 0 Å². The molecule has 2 heterocycles. The van der Waals surface area contributed by atoms with Gasteiger partial charge in [-0.15, -0.1) is 5.10 Å². The maximum absolute atomic E-state index is 5.67. The highest BCUT2D eigenvalue weighted by molar-refractivity contribution is 9.10. The largest absolute Gasteiger partial charge is 0.448 e. The van der Waals surface area contributed by atoms with E-state index in [1.165, 1.54) is 0 Å². The van der Waals surface area contributed by atoms with E-state index < -0.39 is 0 Å². The second-order valence-corrected chi connectivity index (χ2v) is 4.55. The van der Waals surface area contributed by atoms with Gasteiger partial charge in [-0.05, 0) is 34.5 Å². The number of aromatic nitrogens is 3. The van der Waals surface area contributed by atoms with E-state index in [4.69, 9.17) is 10.2 Å². The predicted octanol–water partition coefficient (Wildman–Crippen LogP) is 2.56. The minimum Gasteiger partial charge on any atom is -0.448 e. The molecule has 92 valence electrons. The summed E-state index contributed by atoms with van der Waals surface area (Å²) in [5.74, 6) is 0.749. The number of nitrogens with two attached hydrogens (primary N) is 1. The molecular weight excluding hydrogens is 284 g/mol. The Balaban J connectivity index is 2.38. The van der Waals surface area contributed by atoms with Crippen molar-refractivity contribution in [3.63, 3.8) is 0 Å². The summed E-state index contributed by atoms with van der Waals surface area (Å²) in [6.45, 7) is 3.33. The van der Waals surface area contributed by atoms with Crippen molar-refractivity contribution in [3.8, 4) is 11.5 Å². The smallest absolute Gasteiger partial charge is 0.169 e. The molecule has 0 amide bonds. The molecule has 0 aliphatic heterocycles. The monoisotopic (exact) mass is 298 g/mol. The van der Waals surface area contributed by atoms with Crippen LogP contribution in [0.3, 0.4) is 0 Å². The first-order valence-electron chi connectivity index (χ1n) is 5.64. The van der Waals surface area contributed by atoms with E-state index in [2.05, 4.69) is 33.2 Å². The molecule has 0 aromatic carbocycles. The summed E-state index contributed by atoms with van der Waals surface area (Å²) in [5, 5.41) is 8.21. The number of rotatable bonds is 5. The lowest BCUT2D eigenvalue weighted by Gasteiger charge is -2.04. The lowest BCUT2D eigenvalue weighted by Crippen LogP contribution is -2.04. The topological polar surface area (TPSA) is 69.9 Å². The average Bonchev–Trinajstić information content (AvgIpc) is 2.91. The van der Waals surface area contributed by atoms with Crippen LogP contribution in [0.4, 0.5) is 0 Å². The number of aryl methyl sites for hydroxylation is 1. The first kappa shape index (κ1) is 12.3. The molecule has 2 rings (SSSR count). The highest BCUT2D eigenvalue weighted by atomic mass is 79.9. The molecule has 0 aliphatic carbocycles. The predicted molar refractivity (Wildman–Crippen MR) is 68.2 cm³/mol. The minimum atomic E-state index is 0.361. The Morgan fingerprint density at radius 3 is 2.88 bits per heavy atom. The number of hydrogen-bond acceptors (Lipinski definition) is 4. The Bertz CT molecular complexity index is 491. The Labute approximate surface area is 108 Å². The van der Waals surface area contributed by atoms with E-state index in [9.17, 15) is 0 Å². The first-order valence-corrected chi connectivity index (χ1v) is 6.43. The number of halogens is 1. The first-order chi connectivity index (χ1) is 8.26. The summed E-state index contributed by atoms with van der Waals surface area (Å²) in [5.41, 5.74) is 7.32. The van der Waals surface area contributed by atoms with Crippen LogP contribution in [0.1, 0.15) is 25.5 Å². The summed E-state index contributed by atoms with van der Waals surface area (Å²) in [6, 6.07) is 3.75. The fraction of sp³-hybridized carbons (Fsp3) is 0.455. The third kappa shape index (κ3) is 2.58. The number of nitrogens with zero attached hydrogens (tertiary/aromatic N) is 3. The fourth-order valence-electron chi connectivity index (χ4n) is 1.66. The quantitative estimate of drug-likeness (QED) is 0.921. The normalized spacial score (nSPS) is 11.0. The molecule has 17 heavy (non-hydrogen) atoms. The van der Waals surface area contributed by atoms with Crippen molar-refractivity contribution in [3.05, 3.63) is 22.5 Å². The van der Waals surface area contributed by atoms with E-state index in [-0.39, 0.29) is 0 Å². The Morgan fingerprint density at radius 2 is 2.29 bits per heavy atom. The van der Waals surface area contributed by atoms with Crippen LogP contribution in [0.15, 0.2) is 21.2 Å². The second kappa shape index (κ2) is 5.46. The van der Waals surface area contributed by atoms with Crippen LogP contribution in [0, 0.1) is 0 Å². The molecular formula is C11H15BrN4O. The van der Waals surface area contributed by atoms with Gasteiger partial charge >= 0.3 is 0 Å². The zero-order chi connectivity index (χ0) is 12.3. The molecule has 0 saturated carbocycles. The van der Waals surface area contributed by atoms with E-state index in [1.807, 2.05) is 16.8 Å². The van der Waals surface area contributed by atoms with Gasteiger partial charge in [0.05, 0.1) is 0 Å². The van der Waals surface area contributed by atoms with Crippen LogP contribution in [-0.2, 0) is 13.1 Å². The van der Waals surface area contributed by atoms with Gasteiger partial charge < -0.3 is 10.2 Å². The Morgan fingerprint density at radius 1 is 1.47 bits per heavy atom. The molecule has 2 aromatic heterocycles. The Hall–Kier alpha value is -1.14. The maximum atomic E-state index is 5.67. The summed E-state index contributed by atoms with van der Waals surface area (Å²) in [6.07, 6.45) is 2.17. The van der Waals surface area contributed by atoms with E-state index in [0.29, 0.717) is 11.2 Å². The number of furan rings is 1. The highest BCUT2D eigenvalue weighted by Gasteiger charge is 2.16. The Kier molecular flexibility index (Phi) is 3.96. The van der Waals surface area contributed by atoms with Gasteiger partial charge in [0.1, 0.15) is 11.4 Å². The molecule has 0 unspecified atom stereocenters. The fourth-order valence-corrected chi connectivity index (χ4v) is 1.97. The average molecular weight is 299 g/mol. The summed E-state index contributed by atoms with van der Waals surface area (Å²) < 4.78 is 8.10. The zero-order valence-electron chi connectivity index (χ0n) is 9.69. The molecule has 0 spiro atoms. The standard InChI is InChI=1S/C11H15BrN4O/c1-2-3-6-16-11(8(7-13)14-15-16)9-4-5-10(12)17-9/h4-5H,2-3,6-7,13H2,1H3. The molecule has 0 radical (unpaired) electrons. The molecule has 2 N–H and O–H groups in total. The summed E-state index contributed by atoms with van der Waals surface area (Å²) in [4.78, 5) is 0. The lowest BCUT2D eigenvalue weighted by molar-refractivity contribution is 0.524. The van der Waals surface area contributed by atoms with Crippen LogP contribution in [0.2, 0.25) is 0 Å². The maximum Gasteiger partial charge on any atom is 0.169 e. The van der Waals surface area contributed by atoms with E-state index >= 15 is 0 Å². The highest BCUT2D eigenvalue weighted by Crippen LogP contribution is 2.27. The third-order valence-corrected chi connectivity index (χ3v) is 2.95. The van der Waals surface area contributed by atoms with Gasteiger partial charge in [-0.2, -0.15) is 0 Å².